The molecule has 1 fully saturated rings. The second-order valence-corrected chi connectivity index (χ2v) is 5.72. The molecule has 0 saturated carbocycles. The van der Waals surface area contributed by atoms with Crippen molar-refractivity contribution in [3.63, 3.8) is 0 Å². The lowest BCUT2D eigenvalue weighted by Gasteiger charge is -2.22. The Hall–Kier alpha value is -1.59. The standard InChI is InChI=1S/C16H21ClN2O3/c1-12(20)19(15-7-3-2-6-14(15)17)9-8-16(21)18-11-13-5-4-10-22-13/h2-3,6-7,13H,4-5,8-11H2,1H3,(H,18,21). The molecule has 6 heteroatoms. The fraction of sp³-hybridized carbons (Fsp3) is 0.500. The predicted octanol–water partition coefficient (Wildman–Crippen LogP) is 2.38. The second kappa shape index (κ2) is 8.15. The van der Waals surface area contributed by atoms with Gasteiger partial charge < -0.3 is 15.0 Å². The number of amides is 2. The van der Waals surface area contributed by atoms with Gasteiger partial charge in [-0.1, -0.05) is 23.7 Å². The Morgan fingerprint density at radius 1 is 1.41 bits per heavy atom. The van der Waals surface area contributed by atoms with E-state index in [1.165, 1.54) is 11.8 Å². The molecule has 1 saturated heterocycles. The van der Waals surface area contributed by atoms with Crippen LogP contribution in [0.5, 0.6) is 0 Å². The first-order valence-corrected chi connectivity index (χ1v) is 7.86. The molecule has 1 aliphatic rings. The van der Waals surface area contributed by atoms with Crippen molar-refractivity contribution >= 4 is 29.1 Å². The van der Waals surface area contributed by atoms with Gasteiger partial charge in [-0.3, -0.25) is 9.59 Å². The third-order valence-electron chi connectivity index (χ3n) is 3.64. The Morgan fingerprint density at radius 3 is 2.82 bits per heavy atom. The van der Waals surface area contributed by atoms with Crippen LogP contribution in [0.15, 0.2) is 24.3 Å². The molecule has 1 aromatic rings. The normalized spacial score (nSPS) is 17.3. The molecule has 5 nitrogen and oxygen atoms in total. The largest absolute Gasteiger partial charge is 0.376 e. The Balaban J connectivity index is 1.85. The minimum absolute atomic E-state index is 0.0891. The zero-order chi connectivity index (χ0) is 15.9. The van der Waals surface area contributed by atoms with E-state index in [-0.39, 0.29) is 24.3 Å². The molecule has 120 valence electrons. The highest BCUT2D eigenvalue weighted by Gasteiger charge is 2.18. The van der Waals surface area contributed by atoms with Gasteiger partial charge in [-0.25, -0.2) is 0 Å². The van der Waals surface area contributed by atoms with E-state index in [9.17, 15) is 9.59 Å². The van der Waals surface area contributed by atoms with Crippen molar-refractivity contribution in [2.45, 2.75) is 32.3 Å². The van der Waals surface area contributed by atoms with E-state index < -0.39 is 0 Å². The van der Waals surface area contributed by atoms with Gasteiger partial charge in [-0.05, 0) is 25.0 Å². The fourth-order valence-corrected chi connectivity index (χ4v) is 2.69. The van der Waals surface area contributed by atoms with E-state index >= 15 is 0 Å². The van der Waals surface area contributed by atoms with E-state index in [2.05, 4.69) is 5.32 Å². The molecule has 1 atom stereocenters. The average Bonchev–Trinajstić information content (AvgIpc) is 3.00. The van der Waals surface area contributed by atoms with Crippen molar-refractivity contribution in [2.75, 3.05) is 24.6 Å². The summed E-state index contributed by atoms with van der Waals surface area (Å²) in [7, 11) is 0. The number of nitrogens with one attached hydrogen (secondary N) is 1. The number of nitrogens with zero attached hydrogens (tertiary/aromatic N) is 1. The van der Waals surface area contributed by atoms with Gasteiger partial charge in [-0.2, -0.15) is 0 Å². The highest BCUT2D eigenvalue weighted by molar-refractivity contribution is 6.33. The molecular weight excluding hydrogens is 304 g/mol. The van der Waals surface area contributed by atoms with Crippen LogP contribution in [0.3, 0.4) is 0 Å². The van der Waals surface area contributed by atoms with Crippen LogP contribution in [0.25, 0.3) is 0 Å². The number of carbonyl (C=O) groups is 2. The molecule has 1 aromatic carbocycles. The van der Waals surface area contributed by atoms with Gasteiger partial charge in [-0.15, -0.1) is 0 Å². The Labute approximate surface area is 135 Å². The minimum Gasteiger partial charge on any atom is -0.376 e. The van der Waals surface area contributed by atoms with Crippen LogP contribution in [0, 0.1) is 0 Å². The second-order valence-electron chi connectivity index (χ2n) is 5.31. The van der Waals surface area contributed by atoms with Crippen molar-refractivity contribution in [1.29, 1.82) is 0 Å². The number of benzene rings is 1. The number of hydrogen-bond acceptors (Lipinski definition) is 3. The zero-order valence-corrected chi connectivity index (χ0v) is 13.4. The third-order valence-corrected chi connectivity index (χ3v) is 3.96. The lowest BCUT2D eigenvalue weighted by molar-refractivity contribution is -0.121. The number of hydrogen-bond donors (Lipinski definition) is 1. The first-order chi connectivity index (χ1) is 10.6. The maximum atomic E-state index is 11.9. The molecular formula is C16H21ClN2O3. The molecule has 0 radical (unpaired) electrons. The molecule has 22 heavy (non-hydrogen) atoms. The first kappa shape index (κ1) is 16.8. The SMILES string of the molecule is CC(=O)N(CCC(=O)NCC1CCCO1)c1ccccc1Cl. The molecule has 2 amide bonds. The van der Waals surface area contributed by atoms with Crippen molar-refractivity contribution in [3.8, 4) is 0 Å². The van der Waals surface area contributed by atoms with Crippen molar-refractivity contribution in [1.82, 2.24) is 5.32 Å². The number of halogens is 1. The summed E-state index contributed by atoms with van der Waals surface area (Å²) < 4.78 is 5.46. The number of carbonyl (C=O) groups excluding carboxylic acids is 2. The van der Waals surface area contributed by atoms with E-state index in [1.807, 2.05) is 6.07 Å². The van der Waals surface area contributed by atoms with Crippen LogP contribution in [-0.4, -0.2) is 37.6 Å². The monoisotopic (exact) mass is 324 g/mol. The first-order valence-electron chi connectivity index (χ1n) is 7.49. The average molecular weight is 325 g/mol. The molecule has 0 aliphatic carbocycles. The van der Waals surface area contributed by atoms with Crippen LogP contribution in [0.1, 0.15) is 26.2 Å². The van der Waals surface area contributed by atoms with E-state index in [1.54, 1.807) is 18.2 Å². The molecule has 0 spiro atoms. The van der Waals surface area contributed by atoms with Crippen molar-refractivity contribution in [2.24, 2.45) is 0 Å². The summed E-state index contributed by atoms with van der Waals surface area (Å²) in [6.07, 6.45) is 2.39. The van der Waals surface area contributed by atoms with Gasteiger partial charge in [0.05, 0.1) is 16.8 Å². The van der Waals surface area contributed by atoms with Gasteiger partial charge in [0.1, 0.15) is 0 Å². The molecule has 2 rings (SSSR count). The Morgan fingerprint density at radius 2 is 2.18 bits per heavy atom. The van der Waals surface area contributed by atoms with Crippen molar-refractivity contribution < 1.29 is 14.3 Å². The zero-order valence-electron chi connectivity index (χ0n) is 12.7. The van der Waals surface area contributed by atoms with Gasteiger partial charge in [0, 0.05) is 33.0 Å². The van der Waals surface area contributed by atoms with Crippen LogP contribution >= 0.6 is 11.6 Å². The van der Waals surface area contributed by atoms with Crippen molar-refractivity contribution in [3.05, 3.63) is 29.3 Å². The number of para-hydroxylation sites is 1. The molecule has 1 N–H and O–H groups in total. The summed E-state index contributed by atoms with van der Waals surface area (Å²) in [6, 6.07) is 7.12. The number of ether oxygens (including phenoxy) is 1. The summed E-state index contributed by atoms with van der Waals surface area (Å²) in [5.74, 6) is -0.228. The maximum absolute atomic E-state index is 11.9. The maximum Gasteiger partial charge on any atom is 0.223 e. The predicted molar refractivity (Wildman–Crippen MR) is 86.1 cm³/mol. The molecule has 0 aromatic heterocycles. The van der Waals surface area contributed by atoms with Crippen LogP contribution < -0.4 is 10.2 Å². The summed E-state index contributed by atoms with van der Waals surface area (Å²) >= 11 is 6.11. The summed E-state index contributed by atoms with van der Waals surface area (Å²) in [5.41, 5.74) is 0.628. The highest BCUT2D eigenvalue weighted by atomic mass is 35.5. The van der Waals surface area contributed by atoms with Crippen LogP contribution in [0.2, 0.25) is 5.02 Å². The van der Waals surface area contributed by atoms with E-state index in [0.717, 1.165) is 19.4 Å². The van der Waals surface area contributed by atoms with Gasteiger partial charge >= 0.3 is 0 Å². The summed E-state index contributed by atoms with van der Waals surface area (Å²) in [5, 5.41) is 3.35. The molecule has 0 bridgehead atoms. The minimum atomic E-state index is -0.139. The van der Waals surface area contributed by atoms with Gasteiger partial charge in [0.15, 0.2) is 0 Å². The van der Waals surface area contributed by atoms with Gasteiger partial charge in [0.25, 0.3) is 0 Å². The molecule has 1 unspecified atom stereocenters. The Kier molecular flexibility index (Phi) is 6.21. The fourth-order valence-electron chi connectivity index (χ4n) is 2.45. The topological polar surface area (TPSA) is 58.6 Å². The summed E-state index contributed by atoms with van der Waals surface area (Å²) in [4.78, 5) is 25.2. The van der Waals surface area contributed by atoms with Crippen LogP contribution in [0.4, 0.5) is 5.69 Å². The quantitative estimate of drug-likeness (QED) is 0.874. The summed E-state index contributed by atoms with van der Waals surface area (Å²) in [6.45, 7) is 3.07. The lowest BCUT2D eigenvalue weighted by Crippen LogP contribution is -2.36. The molecule has 1 aliphatic heterocycles. The van der Waals surface area contributed by atoms with Gasteiger partial charge in [0.2, 0.25) is 11.8 Å². The lowest BCUT2D eigenvalue weighted by atomic mass is 10.2. The van der Waals surface area contributed by atoms with E-state index in [0.29, 0.717) is 23.8 Å². The highest BCUT2D eigenvalue weighted by Crippen LogP contribution is 2.25. The van der Waals surface area contributed by atoms with Crippen LogP contribution in [-0.2, 0) is 14.3 Å². The molecule has 1 heterocycles. The third kappa shape index (κ3) is 4.71. The number of anilines is 1. The van der Waals surface area contributed by atoms with E-state index in [4.69, 9.17) is 16.3 Å². The smallest absolute Gasteiger partial charge is 0.223 e. The number of rotatable bonds is 6. The Bertz CT molecular complexity index is 530.